The molecule has 0 fully saturated rings. The molecular weight excluding hydrogens is 300 g/mol. The van der Waals surface area contributed by atoms with E-state index in [9.17, 15) is 0 Å². The van der Waals surface area contributed by atoms with Crippen LogP contribution in [0.15, 0.2) is 34.2 Å². The molecule has 3 aromatic rings. The Bertz CT molecular complexity index is 768. The van der Waals surface area contributed by atoms with Gasteiger partial charge >= 0.3 is 0 Å². The first kappa shape index (κ1) is 14.8. The number of methoxy groups -OCH3 is 1. The number of nitrogens with zero attached hydrogens (tertiary/aromatic N) is 3. The third kappa shape index (κ3) is 3.06. The van der Waals surface area contributed by atoms with Crippen LogP contribution >= 0.6 is 11.3 Å². The molecule has 1 unspecified atom stereocenters. The van der Waals surface area contributed by atoms with Crippen LogP contribution in [0, 0.1) is 6.92 Å². The van der Waals surface area contributed by atoms with E-state index in [0.717, 1.165) is 21.8 Å². The number of hydrogen-bond donors (Lipinski definition) is 1. The maximum Gasteiger partial charge on any atom is 0.246 e. The zero-order chi connectivity index (χ0) is 15.5. The Morgan fingerprint density at radius 1 is 1.32 bits per heavy atom. The molecule has 3 rings (SSSR count). The molecule has 22 heavy (non-hydrogen) atoms. The molecule has 2 N–H and O–H groups in total. The standard InChI is InChI=1S/C15H16N4O2S/c1-9-17-13(8-22-9)10-4-3-5-11(6-10)14-18-15(21-19-14)12(16)7-20-2/h3-6,8,12H,7,16H2,1-2H3. The quantitative estimate of drug-likeness (QED) is 0.779. The van der Waals surface area contributed by atoms with Gasteiger partial charge < -0.3 is 15.0 Å². The predicted octanol–water partition coefficient (Wildman–Crippen LogP) is 2.81. The lowest BCUT2D eigenvalue weighted by atomic mass is 10.1. The number of benzene rings is 1. The van der Waals surface area contributed by atoms with Gasteiger partial charge in [-0.1, -0.05) is 23.4 Å². The average Bonchev–Trinajstić information content (AvgIpc) is 3.17. The SMILES string of the molecule is COCC(N)c1nc(-c2cccc(-c3csc(C)n3)c2)no1. The first-order valence-electron chi connectivity index (χ1n) is 6.78. The second-order valence-corrected chi connectivity index (χ2v) is 5.91. The summed E-state index contributed by atoms with van der Waals surface area (Å²) < 4.78 is 10.2. The van der Waals surface area contributed by atoms with E-state index in [1.165, 1.54) is 0 Å². The number of thiazole rings is 1. The molecule has 1 atom stereocenters. The number of aromatic nitrogens is 3. The molecule has 6 nitrogen and oxygen atoms in total. The highest BCUT2D eigenvalue weighted by Crippen LogP contribution is 2.26. The predicted molar refractivity (Wildman–Crippen MR) is 84.4 cm³/mol. The summed E-state index contributed by atoms with van der Waals surface area (Å²) in [7, 11) is 1.58. The van der Waals surface area contributed by atoms with Gasteiger partial charge in [0, 0.05) is 23.6 Å². The third-order valence-electron chi connectivity index (χ3n) is 3.14. The van der Waals surface area contributed by atoms with Crippen molar-refractivity contribution in [3.05, 3.63) is 40.5 Å². The van der Waals surface area contributed by atoms with E-state index >= 15 is 0 Å². The molecule has 0 aliphatic heterocycles. The van der Waals surface area contributed by atoms with Crippen molar-refractivity contribution in [2.45, 2.75) is 13.0 Å². The minimum absolute atomic E-state index is 0.333. The van der Waals surface area contributed by atoms with Crippen LogP contribution in [-0.2, 0) is 4.74 Å². The van der Waals surface area contributed by atoms with E-state index in [4.69, 9.17) is 15.0 Å². The zero-order valence-electron chi connectivity index (χ0n) is 12.3. The molecule has 1 aromatic carbocycles. The minimum Gasteiger partial charge on any atom is -0.383 e. The maximum absolute atomic E-state index is 5.89. The highest BCUT2D eigenvalue weighted by molar-refractivity contribution is 7.09. The van der Waals surface area contributed by atoms with Crippen molar-refractivity contribution in [2.24, 2.45) is 5.73 Å². The Morgan fingerprint density at radius 2 is 2.14 bits per heavy atom. The van der Waals surface area contributed by atoms with Gasteiger partial charge in [0.15, 0.2) is 0 Å². The van der Waals surface area contributed by atoms with Gasteiger partial charge in [-0.05, 0) is 13.0 Å². The number of hydrogen-bond acceptors (Lipinski definition) is 7. The van der Waals surface area contributed by atoms with Crippen LogP contribution < -0.4 is 5.73 Å². The van der Waals surface area contributed by atoms with Crippen LogP contribution in [0.5, 0.6) is 0 Å². The van der Waals surface area contributed by atoms with Crippen LogP contribution in [0.2, 0.25) is 0 Å². The van der Waals surface area contributed by atoms with Crippen molar-refractivity contribution < 1.29 is 9.26 Å². The van der Waals surface area contributed by atoms with Crippen molar-refractivity contribution in [1.82, 2.24) is 15.1 Å². The molecule has 0 radical (unpaired) electrons. The smallest absolute Gasteiger partial charge is 0.246 e. The monoisotopic (exact) mass is 316 g/mol. The van der Waals surface area contributed by atoms with Gasteiger partial charge in [0.2, 0.25) is 11.7 Å². The van der Waals surface area contributed by atoms with E-state index in [0.29, 0.717) is 18.3 Å². The fraction of sp³-hybridized carbons (Fsp3) is 0.267. The summed E-state index contributed by atoms with van der Waals surface area (Å²) in [4.78, 5) is 8.83. The van der Waals surface area contributed by atoms with Crippen LogP contribution in [0.3, 0.4) is 0 Å². The van der Waals surface area contributed by atoms with Gasteiger partial charge in [0.25, 0.3) is 0 Å². The molecule has 114 valence electrons. The van der Waals surface area contributed by atoms with Crippen LogP contribution in [0.1, 0.15) is 16.9 Å². The molecule has 2 aromatic heterocycles. The summed E-state index contributed by atoms with van der Waals surface area (Å²) >= 11 is 1.62. The molecule has 0 aliphatic rings. The lowest BCUT2D eigenvalue weighted by Crippen LogP contribution is -2.16. The van der Waals surface area contributed by atoms with Crippen LogP contribution in [0.4, 0.5) is 0 Å². The van der Waals surface area contributed by atoms with Crippen molar-refractivity contribution in [2.75, 3.05) is 13.7 Å². The first-order valence-corrected chi connectivity index (χ1v) is 7.66. The molecule has 7 heteroatoms. The number of nitrogens with two attached hydrogens (primary N) is 1. The molecule has 0 saturated carbocycles. The van der Waals surface area contributed by atoms with Gasteiger partial charge in [0.1, 0.15) is 6.04 Å². The number of aryl methyl sites for hydroxylation is 1. The lowest BCUT2D eigenvalue weighted by molar-refractivity contribution is 0.166. The summed E-state index contributed by atoms with van der Waals surface area (Å²) in [6.45, 7) is 2.32. The number of rotatable bonds is 5. The Kier molecular flexibility index (Phi) is 4.28. The molecule has 0 saturated heterocycles. The summed E-state index contributed by atoms with van der Waals surface area (Å²) in [6.07, 6.45) is 0. The first-order chi connectivity index (χ1) is 10.7. The van der Waals surface area contributed by atoms with E-state index in [1.54, 1.807) is 18.4 Å². The Labute approximate surface area is 132 Å². The Balaban J connectivity index is 1.89. The molecule has 0 spiro atoms. The van der Waals surface area contributed by atoms with Crippen molar-refractivity contribution in [1.29, 1.82) is 0 Å². The number of ether oxygens (including phenoxy) is 1. The van der Waals surface area contributed by atoms with Gasteiger partial charge in [-0.25, -0.2) is 4.98 Å². The molecule has 0 bridgehead atoms. The second kappa shape index (κ2) is 6.35. The van der Waals surface area contributed by atoms with Crippen molar-refractivity contribution in [3.8, 4) is 22.6 Å². The fourth-order valence-electron chi connectivity index (χ4n) is 2.07. The topological polar surface area (TPSA) is 87.1 Å². The van der Waals surface area contributed by atoms with E-state index in [-0.39, 0.29) is 0 Å². The van der Waals surface area contributed by atoms with Gasteiger partial charge in [0.05, 0.1) is 17.3 Å². The van der Waals surface area contributed by atoms with Gasteiger partial charge in [-0.2, -0.15) is 4.98 Å². The minimum atomic E-state index is -0.421. The molecule has 0 amide bonds. The molecular formula is C15H16N4O2S. The van der Waals surface area contributed by atoms with E-state index in [2.05, 4.69) is 15.1 Å². The van der Waals surface area contributed by atoms with Crippen LogP contribution in [-0.4, -0.2) is 28.8 Å². The summed E-state index contributed by atoms with van der Waals surface area (Å²) in [5.74, 6) is 0.877. The zero-order valence-corrected chi connectivity index (χ0v) is 13.1. The third-order valence-corrected chi connectivity index (χ3v) is 3.91. The highest BCUT2D eigenvalue weighted by Gasteiger charge is 2.16. The maximum atomic E-state index is 5.89. The average molecular weight is 316 g/mol. The summed E-state index contributed by atoms with van der Waals surface area (Å²) in [5, 5.41) is 7.06. The Morgan fingerprint density at radius 3 is 2.86 bits per heavy atom. The van der Waals surface area contributed by atoms with Gasteiger partial charge in [-0.3, -0.25) is 0 Å². The van der Waals surface area contributed by atoms with Gasteiger partial charge in [-0.15, -0.1) is 11.3 Å². The highest BCUT2D eigenvalue weighted by atomic mass is 32.1. The van der Waals surface area contributed by atoms with E-state index < -0.39 is 6.04 Å². The molecule has 0 aliphatic carbocycles. The largest absolute Gasteiger partial charge is 0.383 e. The second-order valence-electron chi connectivity index (χ2n) is 4.85. The summed E-state index contributed by atoms with van der Waals surface area (Å²) in [5.41, 5.74) is 8.73. The fourth-order valence-corrected chi connectivity index (χ4v) is 2.69. The van der Waals surface area contributed by atoms with Crippen LogP contribution in [0.25, 0.3) is 22.6 Å². The summed E-state index contributed by atoms with van der Waals surface area (Å²) in [6, 6.07) is 7.46. The normalized spacial score (nSPS) is 12.5. The van der Waals surface area contributed by atoms with Crippen molar-refractivity contribution >= 4 is 11.3 Å². The van der Waals surface area contributed by atoms with E-state index in [1.807, 2.05) is 36.6 Å². The van der Waals surface area contributed by atoms with Crippen molar-refractivity contribution in [3.63, 3.8) is 0 Å². The lowest BCUT2D eigenvalue weighted by Gasteiger charge is -2.03. The Hall–Kier alpha value is -2.09. The molecule has 2 heterocycles.